The van der Waals surface area contributed by atoms with Gasteiger partial charge in [-0.25, -0.2) is 0 Å². The van der Waals surface area contributed by atoms with Crippen LogP contribution in [0.15, 0.2) is 60.4 Å². The average Bonchev–Trinajstić information content (AvgIpc) is 3.29. The molecule has 0 amide bonds. The maximum absolute atomic E-state index is 10.6. The Morgan fingerprint density at radius 2 is 1.40 bits per heavy atom. The van der Waals surface area contributed by atoms with Crippen molar-refractivity contribution in [1.82, 2.24) is 0 Å². The molecule has 0 bridgehead atoms. The van der Waals surface area contributed by atoms with Gasteiger partial charge in [-0.3, -0.25) is 20.2 Å². The third-order valence-electron chi connectivity index (χ3n) is 3.67. The van der Waals surface area contributed by atoms with Crippen molar-refractivity contribution in [3.63, 3.8) is 0 Å². The first-order valence-electron chi connectivity index (χ1n) is 7.57. The minimum Gasteiger partial charge on any atom is -0.542 e. The van der Waals surface area contributed by atoms with E-state index in [4.69, 9.17) is 8.83 Å². The van der Waals surface area contributed by atoms with E-state index in [1.54, 1.807) is 6.07 Å². The number of carboxylic acid groups (broad SMARTS) is 1. The van der Waals surface area contributed by atoms with Crippen molar-refractivity contribution >= 4 is 71.1 Å². The fourth-order valence-electron chi connectivity index (χ4n) is 2.43. The number of hydrogen-bond acceptors (Lipinski definition) is 8. The van der Waals surface area contributed by atoms with E-state index in [0.717, 1.165) is 5.39 Å². The second-order valence-electron chi connectivity index (χ2n) is 5.52. The Labute approximate surface area is 226 Å². The molecule has 0 unspecified atom stereocenters. The largest absolute Gasteiger partial charge is 1.00 e. The van der Waals surface area contributed by atoms with Crippen molar-refractivity contribution in [3.05, 3.63) is 77.6 Å². The summed E-state index contributed by atoms with van der Waals surface area (Å²) in [6.07, 6.45) is 1.50. The van der Waals surface area contributed by atoms with Crippen LogP contribution in [-0.2, 0) is 0 Å². The minimum atomic E-state index is -1.47. The quantitative estimate of drug-likeness (QED) is 0.206. The summed E-state index contributed by atoms with van der Waals surface area (Å²) in [5, 5.41) is 32.6. The fourth-order valence-corrected chi connectivity index (χ4v) is 3.53. The first-order valence-corrected chi connectivity index (χ1v) is 9.16. The van der Waals surface area contributed by atoms with Crippen molar-refractivity contribution in [3.8, 4) is 0 Å². The number of nitro groups is 2. The number of halogens is 2. The van der Waals surface area contributed by atoms with E-state index in [2.05, 4.69) is 31.9 Å². The van der Waals surface area contributed by atoms with E-state index in [9.17, 15) is 30.1 Å². The normalized spacial score (nSPS) is 10.2. The van der Waals surface area contributed by atoms with Crippen LogP contribution in [0.25, 0.3) is 21.9 Å². The molecule has 2 heterocycles. The number of carboxylic acids is 1. The van der Waals surface area contributed by atoms with Crippen molar-refractivity contribution < 1.29 is 80.0 Å². The van der Waals surface area contributed by atoms with E-state index in [1.165, 1.54) is 36.6 Å². The van der Waals surface area contributed by atoms with Crippen LogP contribution >= 0.6 is 31.9 Å². The van der Waals surface area contributed by atoms with E-state index in [-0.39, 0.29) is 74.1 Å². The standard InChI is InChI=1S/C9H4BrNO5.C8H4BrNO3.K/c10-6-3-5(11(14)15)1-4-2-7(9(12)13)16-8(4)6;9-7-4-6(10(11)12)3-5-1-2-13-8(5)7;/h1-3H,(H,12,13);1-4H;/q;;+1/p-1. The number of hydrogen-bond donors (Lipinski definition) is 0. The Hall–Kier alpha value is -1.61. The SMILES string of the molecule is O=C([O-])c1cc2cc([N+](=O)[O-])cc(Br)c2o1.O=[N+]([O-])c1cc(Br)c2occc2c1.[K+]. The second-order valence-corrected chi connectivity index (χ2v) is 7.23. The number of carbonyl (C=O) groups is 1. The summed E-state index contributed by atoms with van der Waals surface area (Å²) in [6.45, 7) is 0. The predicted octanol–water partition coefficient (Wildman–Crippen LogP) is 1.57. The Morgan fingerprint density at radius 3 is 1.93 bits per heavy atom. The average molecular weight is 566 g/mol. The molecule has 0 saturated heterocycles. The van der Waals surface area contributed by atoms with Gasteiger partial charge in [-0.1, -0.05) is 0 Å². The molecule has 0 N–H and O–H groups in total. The Morgan fingerprint density at radius 1 is 0.867 bits per heavy atom. The monoisotopic (exact) mass is 564 g/mol. The number of nitrogens with zero attached hydrogens (tertiary/aromatic N) is 2. The van der Waals surface area contributed by atoms with Crippen LogP contribution in [0.2, 0.25) is 0 Å². The van der Waals surface area contributed by atoms with Gasteiger partial charge in [0.1, 0.15) is 17.1 Å². The summed E-state index contributed by atoms with van der Waals surface area (Å²) < 4.78 is 11.0. The molecule has 4 rings (SSSR count). The van der Waals surface area contributed by atoms with Gasteiger partial charge in [0.05, 0.1) is 25.1 Å². The molecular formula is C17H7Br2KN2O8. The van der Waals surface area contributed by atoms with E-state index < -0.39 is 15.8 Å². The maximum atomic E-state index is 10.6. The molecule has 148 valence electrons. The van der Waals surface area contributed by atoms with Gasteiger partial charge in [0.25, 0.3) is 11.4 Å². The predicted molar refractivity (Wildman–Crippen MR) is 105 cm³/mol. The molecule has 0 aliphatic rings. The molecule has 10 nitrogen and oxygen atoms in total. The molecular weight excluding hydrogens is 559 g/mol. The van der Waals surface area contributed by atoms with Gasteiger partial charge >= 0.3 is 51.4 Å². The first-order chi connectivity index (χ1) is 13.7. The fraction of sp³-hybridized carbons (Fsp3) is 0. The maximum Gasteiger partial charge on any atom is 1.00 e. The van der Waals surface area contributed by atoms with Gasteiger partial charge < -0.3 is 18.7 Å². The summed E-state index contributed by atoms with van der Waals surface area (Å²) in [5.41, 5.74) is 0.779. The summed E-state index contributed by atoms with van der Waals surface area (Å²) in [4.78, 5) is 30.6. The number of non-ortho nitro benzene ring substituents is 2. The van der Waals surface area contributed by atoms with Crippen molar-refractivity contribution in [2.75, 3.05) is 0 Å². The van der Waals surface area contributed by atoms with Gasteiger partial charge in [0, 0.05) is 35.0 Å². The summed E-state index contributed by atoms with van der Waals surface area (Å²) >= 11 is 6.26. The number of aromatic carboxylic acids is 1. The molecule has 30 heavy (non-hydrogen) atoms. The molecule has 0 radical (unpaired) electrons. The van der Waals surface area contributed by atoms with Gasteiger partial charge in [0.2, 0.25) is 0 Å². The zero-order chi connectivity index (χ0) is 21.3. The zero-order valence-electron chi connectivity index (χ0n) is 15.0. The van der Waals surface area contributed by atoms with E-state index in [1.807, 2.05) is 0 Å². The summed E-state index contributed by atoms with van der Waals surface area (Å²) in [7, 11) is 0. The molecule has 0 spiro atoms. The van der Waals surface area contributed by atoms with Crippen LogP contribution in [0.5, 0.6) is 0 Å². The molecule has 0 atom stereocenters. The third kappa shape index (κ3) is 5.35. The molecule has 2 aromatic carbocycles. The molecule has 0 aliphatic heterocycles. The van der Waals surface area contributed by atoms with Crippen LogP contribution < -0.4 is 56.5 Å². The van der Waals surface area contributed by atoms with Crippen LogP contribution in [-0.4, -0.2) is 15.8 Å². The second kappa shape index (κ2) is 10.1. The van der Waals surface area contributed by atoms with Gasteiger partial charge in [-0.2, -0.15) is 0 Å². The van der Waals surface area contributed by atoms with Crippen LogP contribution in [0.3, 0.4) is 0 Å². The molecule has 4 aromatic rings. The Bertz CT molecular complexity index is 1280. The first kappa shape index (κ1) is 24.7. The van der Waals surface area contributed by atoms with Crippen molar-refractivity contribution in [2.45, 2.75) is 0 Å². The Kier molecular flexibility index (Phi) is 8.32. The molecule has 13 heteroatoms. The Balaban J connectivity index is 0.000000211. The number of carbonyl (C=O) groups excluding carboxylic acids is 1. The third-order valence-corrected chi connectivity index (χ3v) is 4.85. The van der Waals surface area contributed by atoms with Crippen LogP contribution in [0.1, 0.15) is 10.6 Å². The number of nitro benzene ring substituents is 2. The number of rotatable bonds is 3. The van der Waals surface area contributed by atoms with Gasteiger partial charge in [-0.05, 0) is 44.0 Å². The van der Waals surface area contributed by atoms with Crippen LogP contribution in [0.4, 0.5) is 11.4 Å². The van der Waals surface area contributed by atoms with Crippen molar-refractivity contribution in [2.24, 2.45) is 0 Å². The molecule has 0 aliphatic carbocycles. The summed E-state index contributed by atoms with van der Waals surface area (Å²) in [5.74, 6) is -1.83. The number of benzene rings is 2. The zero-order valence-corrected chi connectivity index (χ0v) is 21.3. The van der Waals surface area contributed by atoms with E-state index in [0.29, 0.717) is 19.9 Å². The van der Waals surface area contributed by atoms with Gasteiger partial charge in [0.15, 0.2) is 5.76 Å². The molecule has 2 aromatic heterocycles. The number of fused-ring (bicyclic) bond motifs is 2. The van der Waals surface area contributed by atoms with Crippen molar-refractivity contribution in [1.29, 1.82) is 0 Å². The summed E-state index contributed by atoms with van der Waals surface area (Å²) in [6, 6.07) is 8.24. The minimum absolute atomic E-state index is 0. The van der Waals surface area contributed by atoms with E-state index >= 15 is 0 Å². The topological polar surface area (TPSA) is 153 Å². The van der Waals surface area contributed by atoms with Gasteiger partial charge in [-0.15, -0.1) is 0 Å². The number of furan rings is 2. The van der Waals surface area contributed by atoms with Crippen LogP contribution in [0, 0.1) is 20.2 Å². The molecule has 0 saturated carbocycles. The smallest absolute Gasteiger partial charge is 0.542 e. The molecule has 0 fully saturated rings.